The lowest BCUT2D eigenvalue weighted by Crippen LogP contribution is -2.32. The van der Waals surface area contributed by atoms with Crippen molar-refractivity contribution in [3.05, 3.63) is 93.8 Å². The zero-order chi connectivity index (χ0) is 27.2. The highest BCUT2D eigenvalue weighted by molar-refractivity contribution is 6.00. The van der Waals surface area contributed by atoms with E-state index in [1.54, 1.807) is 64.1 Å². The number of ether oxygens (including phenoxy) is 2. The second kappa shape index (κ2) is 11.6. The van der Waals surface area contributed by atoms with Gasteiger partial charge in [0.2, 0.25) is 5.91 Å². The van der Waals surface area contributed by atoms with Crippen LogP contribution in [0.25, 0.3) is 10.9 Å². The Labute approximate surface area is 219 Å². The molecule has 1 aromatic heterocycles. The summed E-state index contributed by atoms with van der Waals surface area (Å²) in [7, 11) is 0. The number of fused-ring (bicyclic) bond motifs is 1. The van der Waals surface area contributed by atoms with Crippen LogP contribution in [-0.4, -0.2) is 29.0 Å². The molecular weight excluding hydrogens is 486 g/mol. The molecule has 0 aliphatic rings. The van der Waals surface area contributed by atoms with Crippen molar-refractivity contribution in [1.82, 2.24) is 4.98 Å². The zero-order valence-electron chi connectivity index (χ0n) is 21.6. The van der Waals surface area contributed by atoms with E-state index in [1.807, 2.05) is 30.3 Å². The minimum Gasteiger partial charge on any atom is -0.457 e. The van der Waals surface area contributed by atoms with E-state index >= 15 is 0 Å². The molecule has 1 heterocycles. The minimum atomic E-state index is -0.706. The molecule has 4 aromatic rings. The standard InChI is InChI=1S/C29H29N3O6/c1-17(2)37-29-32-24-15-21(14-18(3)25(24)28(35)38-29)31-26(33)19(4)30-23-13-9-8-12-22(23)27(34)36-16-20-10-6-5-7-11-20/h5-15,17,19,30H,16H2,1-4H3,(H,31,33). The topological polar surface area (TPSA) is 120 Å². The van der Waals surface area contributed by atoms with Crippen LogP contribution in [0.3, 0.4) is 0 Å². The van der Waals surface area contributed by atoms with Crippen LogP contribution in [0.15, 0.2) is 75.9 Å². The highest BCUT2D eigenvalue weighted by Crippen LogP contribution is 2.23. The second-order valence-electron chi connectivity index (χ2n) is 9.08. The fourth-order valence-corrected chi connectivity index (χ4v) is 3.84. The molecule has 0 saturated carbocycles. The van der Waals surface area contributed by atoms with Crippen LogP contribution in [0.1, 0.15) is 42.3 Å². The highest BCUT2D eigenvalue weighted by atomic mass is 16.6. The van der Waals surface area contributed by atoms with Crippen LogP contribution in [0.2, 0.25) is 0 Å². The number of hydrogen-bond donors (Lipinski definition) is 2. The third-order valence-corrected chi connectivity index (χ3v) is 5.64. The van der Waals surface area contributed by atoms with Gasteiger partial charge in [-0.3, -0.25) is 4.79 Å². The normalized spacial score (nSPS) is 11.7. The van der Waals surface area contributed by atoms with Gasteiger partial charge < -0.3 is 24.5 Å². The van der Waals surface area contributed by atoms with E-state index in [1.165, 1.54) is 0 Å². The lowest BCUT2D eigenvalue weighted by Gasteiger charge is -2.18. The first-order valence-corrected chi connectivity index (χ1v) is 12.2. The maximum absolute atomic E-state index is 13.0. The predicted octanol–water partition coefficient (Wildman–Crippen LogP) is 5.08. The number of para-hydroxylation sites is 1. The molecule has 0 fully saturated rings. The Morgan fingerprint density at radius 2 is 1.71 bits per heavy atom. The van der Waals surface area contributed by atoms with Gasteiger partial charge in [0, 0.05) is 11.4 Å². The molecule has 0 saturated heterocycles. The van der Waals surface area contributed by atoms with Crippen molar-refractivity contribution in [2.45, 2.75) is 46.4 Å². The molecule has 3 aromatic carbocycles. The predicted molar refractivity (Wildman–Crippen MR) is 144 cm³/mol. The number of carbonyl (C=O) groups excluding carboxylic acids is 2. The van der Waals surface area contributed by atoms with Crippen molar-refractivity contribution in [3.63, 3.8) is 0 Å². The van der Waals surface area contributed by atoms with Crippen LogP contribution >= 0.6 is 0 Å². The number of nitrogens with zero attached hydrogens (tertiary/aromatic N) is 1. The number of amides is 1. The van der Waals surface area contributed by atoms with Gasteiger partial charge in [-0.05, 0) is 63.1 Å². The second-order valence-corrected chi connectivity index (χ2v) is 9.08. The van der Waals surface area contributed by atoms with Crippen LogP contribution < -0.4 is 21.0 Å². The Balaban J connectivity index is 1.47. The van der Waals surface area contributed by atoms with Crippen LogP contribution in [0.5, 0.6) is 6.08 Å². The van der Waals surface area contributed by atoms with Gasteiger partial charge in [0.15, 0.2) is 0 Å². The first-order valence-electron chi connectivity index (χ1n) is 12.2. The zero-order valence-corrected chi connectivity index (χ0v) is 21.6. The first kappa shape index (κ1) is 26.4. The Morgan fingerprint density at radius 1 is 1.00 bits per heavy atom. The van der Waals surface area contributed by atoms with Crippen molar-refractivity contribution >= 4 is 34.2 Å². The maximum atomic E-state index is 13.0. The minimum absolute atomic E-state index is 0.133. The van der Waals surface area contributed by atoms with E-state index in [0.717, 1.165) is 5.56 Å². The summed E-state index contributed by atoms with van der Waals surface area (Å²) in [6.45, 7) is 7.14. The quantitative estimate of drug-likeness (QED) is 0.296. The molecule has 1 atom stereocenters. The molecule has 38 heavy (non-hydrogen) atoms. The van der Waals surface area contributed by atoms with E-state index in [9.17, 15) is 14.4 Å². The average Bonchev–Trinajstić information content (AvgIpc) is 2.87. The number of rotatable bonds is 9. The SMILES string of the molecule is Cc1cc(NC(=O)C(C)Nc2ccccc2C(=O)OCc2ccccc2)cc2nc(OC(C)C)oc(=O)c12. The van der Waals surface area contributed by atoms with Crippen LogP contribution in [0, 0.1) is 6.92 Å². The first-order chi connectivity index (χ1) is 18.2. The third-order valence-electron chi connectivity index (χ3n) is 5.64. The molecule has 0 spiro atoms. The molecule has 0 radical (unpaired) electrons. The number of aryl methyl sites for hydroxylation is 1. The summed E-state index contributed by atoms with van der Waals surface area (Å²) in [6.07, 6.45) is -0.358. The summed E-state index contributed by atoms with van der Waals surface area (Å²) in [6, 6.07) is 18.8. The van der Waals surface area contributed by atoms with Crippen LogP contribution in [0.4, 0.5) is 11.4 Å². The summed E-state index contributed by atoms with van der Waals surface area (Å²) in [5, 5.41) is 6.24. The number of nitrogens with one attached hydrogen (secondary N) is 2. The summed E-state index contributed by atoms with van der Waals surface area (Å²) < 4.78 is 16.0. The number of aromatic nitrogens is 1. The lowest BCUT2D eigenvalue weighted by molar-refractivity contribution is -0.116. The lowest BCUT2D eigenvalue weighted by atomic mass is 10.1. The number of hydrogen-bond acceptors (Lipinski definition) is 8. The monoisotopic (exact) mass is 515 g/mol. The van der Waals surface area contributed by atoms with Crippen molar-refractivity contribution in [1.29, 1.82) is 0 Å². The number of anilines is 2. The molecule has 1 unspecified atom stereocenters. The summed E-state index contributed by atoms with van der Waals surface area (Å²) >= 11 is 0. The van der Waals surface area contributed by atoms with Gasteiger partial charge in [-0.25, -0.2) is 9.59 Å². The Kier molecular flexibility index (Phi) is 8.06. The molecular formula is C29H29N3O6. The summed E-state index contributed by atoms with van der Waals surface area (Å²) in [5.74, 6) is -0.850. The van der Waals surface area contributed by atoms with Gasteiger partial charge in [0.05, 0.1) is 22.6 Å². The van der Waals surface area contributed by atoms with E-state index in [2.05, 4.69) is 15.6 Å². The van der Waals surface area contributed by atoms with Crippen molar-refractivity contribution in [2.24, 2.45) is 0 Å². The Hall–Kier alpha value is -4.66. The van der Waals surface area contributed by atoms with E-state index in [-0.39, 0.29) is 24.7 Å². The molecule has 1 amide bonds. The summed E-state index contributed by atoms with van der Waals surface area (Å²) in [4.78, 5) is 42.5. The van der Waals surface area contributed by atoms with E-state index < -0.39 is 17.6 Å². The van der Waals surface area contributed by atoms with Gasteiger partial charge in [-0.1, -0.05) is 42.5 Å². The molecule has 0 aliphatic heterocycles. The largest absolute Gasteiger partial charge is 0.457 e. The fourth-order valence-electron chi connectivity index (χ4n) is 3.84. The van der Waals surface area contributed by atoms with Crippen molar-refractivity contribution in [3.8, 4) is 6.08 Å². The van der Waals surface area contributed by atoms with Gasteiger partial charge in [-0.15, -0.1) is 0 Å². The van der Waals surface area contributed by atoms with Crippen LogP contribution in [-0.2, 0) is 16.1 Å². The van der Waals surface area contributed by atoms with Crippen molar-refractivity contribution < 1.29 is 23.5 Å². The molecule has 0 bridgehead atoms. The highest BCUT2D eigenvalue weighted by Gasteiger charge is 2.19. The Bertz CT molecular complexity index is 1510. The van der Waals surface area contributed by atoms with E-state index in [0.29, 0.717) is 33.4 Å². The fraction of sp³-hybridized carbons (Fsp3) is 0.241. The van der Waals surface area contributed by atoms with Gasteiger partial charge in [0.1, 0.15) is 12.6 Å². The number of benzene rings is 3. The van der Waals surface area contributed by atoms with E-state index in [4.69, 9.17) is 13.9 Å². The van der Waals surface area contributed by atoms with Gasteiger partial charge >= 0.3 is 17.7 Å². The molecule has 9 heteroatoms. The van der Waals surface area contributed by atoms with Gasteiger partial charge in [0.25, 0.3) is 0 Å². The molecule has 4 rings (SSSR count). The molecule has 2 N–H and O–H groups in total. The maximum Gasteiger partial charge on any atom is 0.397 e. The molecule has 196 valence electrons. The smallest absolute Gasteiger partial charge is 0.397 e. The average molecular weight is 516 g/mol. The molecule has 9 nitrogen and oxygen atoms in total. The number of carbonyl (C=O) groups is 2. The van der Waals surface area contributed by atoms with Gasteiger partial charge in [-0.2, -0.15) is 4.98 Å². The van der Waals surface area contributed by atoms with Crippen molar-refractivity contribution in [2.75, 3.05) is 10.6 Å². The number of esters is 1. The summed E-state index contributed by atoms with van der Waals surface area (Å²) in [5.41, 5.74) is 2.50. The third kappa shape index (κ3) is 6.36. The Morgan fingerprint density at radius 3 is 2.45 bits per heavy atom. The molecule has 0 aliphatic carbocycles.